The maximum atomic E-state index is 10.9. The van der Waals surface area contributed by atoms with Crippen LogP contribution in [0.3, 0.4) is 0 Å². The molecule has 1 aromatic rings. The van der Waals surface area contributed by atoms with Gasteiger partial charge in [0.1, 0.15) is 0 Å². The van der Waals surface area contributed by atoms with Crippen LogP contribution in [0.25, 0.3) is 0 Å². The van der Waals surface area contributed by atoms with Gasteiger partial charge in [-0.3, -0.25) is 0 Å². The molecule has 0 spiro atoms. The molecule has 4 nitrogen and oxygen atoms in total. The van der Waals surface area contributed by atoms with Gasteiger partial charge in [-0.25, -0.2) is 9.78 Å². The highest BCUT2D eigenvalue weighted by Gasteiger charge is 2.06. The smallest absolute Gasteiger partial charge is 0.340 e. The molecule has 0 aliphatic rings. The summed E-state index contributed by atoms with van der Waals surface area (Å²) in [6.45, 7) is 8.34. The minimum atomic E-state index is -0.409. The van der Waals surface area contributed by atoms with Crippen LogP contribution in [0.2, 0.25) is 0 Å². The van der Waals surface area contributed by atoms with Crippen molar-refractivity contribution in [2.75, 3.05) is 18.0 Å². The SMILES string of the molecule is C=CCN(CC=C)c1nccc(=O)o1. The second-order valence-corrected chi connectivity index (χ2v) is 2.63. The van der Waals surface area contributed by atoms with Gasteiger partial charge in [0.05, 0.1) is 0 Å². The van der Waals surface area contributed by atoms with Gasteiger partial charge in [0.2, 0.25) is 0 Å². The van der Waals surface area contributed by atoms with E-state index in [0.29, 0.717) is 13.1 Å². The average molecular weight is 192 g/mol. The molecule has 14 heavy (non-hydrogen) atoms. The number of hydrogen-bond acceptors (Lipinski definition) is 4. The van der Waals surface area contributed by atoms with Crippen molar-refractivity contribution in [3.63, 3.8) is 0 Å². The summed E-state index contributed by atoms with van der Waals surface area (Å²) in [6.07, 6.45) is 4.83. The number of nitrogens with zero attached hydrogens (tertiary/aromatic N) is 2. The molecule has 0 saturated carbocycles. The van der Waals surface area contributed by atoms with E-state index >= 15 is 0 Å². The fourth-order valence-corrected chi connectivity index (χ4v) is 1.00. The Morgan fingerprint density at radius 1 is 1.43 bits per heavy atom. The highest BCUT2D eigenvalue weighted by molar-refractivity contribution is 5.27. The van der Waals surface area contributed by atoms with E-state index in [-0.39, 0.29) is 6.01 Å². The lowest BCUT2D eigenvalue weighted by molar-refractivity contribution is 0.485. The Morgan fingerprint density at radius 3 is 2.57 bits per heavy atom. The Balaban J connectivity index is 2.91. The number of hydrogen-bond donors (Lipinski definition) is 0. The van der Waals surface area contributed by atoms with Gasteiger partial charge in [-0.15, -0.1) is 13.2 Å². The first kappa shape index (κ1) is 10.2. The highest BCUT2D eigenvalue weighted by atomic mass is 16.4. The molecule has 0 bridgehead atoms. The lowest BCUT2D eigenvalue weighted by Gasteiger charge is -2.16. The van der Waals surface area contributed by atoms with Gasteiger partial charge >= 0.3 is 11.6 Å². The Labute approximate surface area is 82.2 Å². The molecule has 0 saturated heterocycles. The van der Waals surface area contributed by atoms with E-state index in [1.807, 2.05) is 0 Å². The number of anilines is 1. The molecule has 0 fully saturated rings. The normalized spacial score (nSPS) is 9.43. The number of aromatic nitrogens is 1. The largest absolute Gasteiger partial charge is 0.389 e. The predicted molar refractivity (Wildman–Crippen MR) is 55.4 cm³/mol. The lowest BCUT2D eigenvalue weighted by Crippen LogP contribution is -2.25. The minimum Gasteiger partial charge on any atom is -0.389 e. The minimum absolute atomic E-state index is 0.289. The van der Waals surface area contributed by atoms with Crippen LogP contribution in [0.4, 0.5) is 6.01 Å². The van der Waals surface area contributed by atoms with Crippen molar-refractivity contribution in [1.82, 2.24) is 4.98 Å². The molecule has 0 unspecified atom stereocenters. The van der Waals surface area contributed by atoms with Crippen molar-refractivity contribution in [3.8, 4) is 0 Å². The molecule has 0 aliphatic carbocycles. The molecule has 0 amide bonds. The van der Waals surface area contributed by atoms with Gasteiger partial charge in [0.15, 0.2) is 0 Å². The molecule has 74 valence electrons. The van der Waals surface area contributed by atoms with Crippen LogP contribution >= 0.6 is 0 Å². The number of rotatable bonds is 5. The fourth-order valence-electron chi connectivity index (χ4n) is 1.00. The molecule has 4 heteroatoms. The molecule has 0 aromatic carbocycles. The first-order chi connectivity index (χ1) is 6.77. The van der Waals surface area contributed by atoms with Crippen LogP contribution in [-0.4, -0.2) is 18.1 Å². The van der Waals surface area contributed by atoms with Crippen LogP contribution in [0.5, 0.6) is 0 Å². The van der Waals surface area contributed by atoms with Crippen LogP contribution in [0.1, 0.15) is 0 Å². The topological polar surface area (TPSA) is 46.3 Å². The van der Waals surface area contributed by atoms with Crippen LogP contribution in [0.15, 0.2) is 46.8 Å². The van der Waals surface area contributed by atoms with Gasteiger partial charge in [0.25, 0.3) is 0 Å². The third-order valence-corrected chi connectivity index (χ3v) is 1.56. The van der Waals surface area contributed by atoms with E-state index in [0.717, 1.165) is 0 Å². The summed E-state index contributed by atoms with van der Waals surface area (Å²) in [6, 6.07) is 1.56. The van der Waals surface area contributed by atoms with Crippen molar-refractivity contribution in [2.45, 2.75) is 0 Å². The molecule has 1 rings (SSSR count). The zero-order valence-corrected chi connectivity index (χ0v) is 7.85. The maximum absolute atomic E-state index is 10.9. The molecule has 0 atom stereocenters. The molecule has 1 aromatic heterocycles. The van der Waals surface area contributed by atoms with Gasteiger partial charge in [-0.05, 0) is 0 Å². The van der Waals surface area contributed by atoms with Gasteiger partial charge in [-0.1, -0.05) is 12.2 Å². The summed E-state index contributed by atoms with van der Waals surface area (Å²) in [4.78, 5) is 16.6. The summed E-state index contributed by atoms with van der Waals surface area (Å²) in [5.74, 6) is 0. The molecule has 0 aliphatic heterocycles. The van der Waals surface area contributed by atoms with Crippen molar-refractivity contribution in [1.29, 1.82) is 0 Å². The lowest BCUT2D eigenvalue weighted by atomic mass is 10.5. The zero-order valence-electron chi connectivity index (χ0n) is 7.85. The summed E-state index contributed by atoms with van der Waals surface area (Å²) in [7, 11) is 0. The first-order valence-corrected chi connectivity index (χ1v) is 4.21. The quantitative estimate of drug-likeness (QED) is 0.658. The van der Waals surface area contributed by atoms with E-state index in [9.17, 15) is 4.79 Å². The van der Waals surface area contributed by atoms with Crippen LogP contribution < -0.4 is 10.5 Å². The Kier molecular flexibility index (Phi) is 3.67. The summed E-state index contributed by atoms with van der Waals surface area (Å²) in [5.41, 5.74) is -0.409. The zero-order chi connectivity index (χ0) is 10.4. The Bertz CT molecular complexity index is 360. The van der Waals surface area contributed by atoms with Crippen molar-refractivity contribution < 1.29 is 4.42 Å². The van der Waals surface area contributed by atoms with E-state index in [4.69, 9.17) is 4.42 Å². The standard InChI is InChI=1S/C10H12N2O2/c1-3-7-12(8-4-2)10-11-6-5-9(13)14-10/h3-6H,1-2,7-8H2. The molecule has 0 N–H and O–H groups in total. The Hall–Kier alpha value is -1.84. The first-order valence-electron chi connectivity index (χ1n) is 4.21. The van der Waals surface area contributed by atoms with Crippen LogP contribution in [0, 0.1) is 0 Å². The maximum Gasteiger partial charge on any atom is 0.340 e. The van der Waals surface area contributed by atoms with Gasteiger partial charge in [0, 0.05) is 25.4 Å². The third kappa shape index (κ3) is 2.58. The highest BCUT2D eigenvalue weighted by Crippen LogP contribution is 2.05. The molecular weight excluding hydrogens is 180 g/mol. The monoisotopic (exact) mass is 192 g/mol. The van der Waals surface area contributed by atoms with Crippen molar-refractivity contribution >= 4 is 6.01 Å². The average Bonchev–Trinajstić information content (AvgIpc) is 2.17. The summed E-state index contributed by atoms with van der Waals surface area (Å²) in [5, 5.41) is 0. The molecule has 0 radical (unpaired) electrons. The molecule has 1 heterocycles. The Morgan fingerprint density at radius 2 is 2.07 bits per heavy atom. The van der Waals surface area contributed by atoms with Crippen LogP contribution in [-0.2, 0) is 0 Å². The second kappa shape index (κ2) is 5.01. The van der Waals surface area contributed by atoms with Crippen molar-refractivity contribution in [3.05, 3.63) is 48.0 Å². The summed E-state index contributed by atoms with van der Waals surface area (Å²) < 4.78 is 4.91. The molecular formula is C10H12N2O2. The predicted octanol–water partition coefficient (Wildman–Crippen LogP) is 1.21. The van der Waals surface area contributed by atoms with E-state index in [1.54, 1.807) is 17.1 Å². The van der Waals surface area contributed by atoms with E-state index < -0.39 is 5.63 Å². The van der Waals surface area contributed by atoms with E-state index in [1.165, 1.54) is 12.3 Å². The third-order valence-electron chi connectivity index (χ3n) is 1.56. The second-order valence-electron chi connectivity index (χ2n) is 2.63. The van der Waals surface area contributed by atoms with Gasteiger partial charge < -0.3 is 9.32 Å². The summed E-state index contributed by atoms with van der Waals surface area (Å²) >= 11 is 0. The van der Waals surface area contributed by atoms with E-state index in [2.05, 4.69) is 18.1 Å². The van der Waals surface area contributed by atoms with Crippen molar-refractivity contribution in [2.24, 2.45) is 0 Å². The fraction of sp³-hybridized carbons (Fsp3) is 0.200. The van der Waals surface area contributed by atoms with Gasteiger partial charge in [-0.2, -0.15) is 0 Å².